The minimum Gasteiger partial charge on any atom is -0.493 e. The Morgan fingerprint density at radius 2 is 2.16 bits per heavy atom. The smallest absolute Gasteiger partial charge is 0.141 e. The summed E-state index contributed by atoms with van der Waals surface area (Å²) in [5.41, 5.74) is 0.995. The number of hydrogen-bond acceptors (Lipinski definition) is 3. The van der Waals surface area contributed by atoms with Crippen molar-refractivity contribution in [3.8, 4) is 5.75 Å². The lowest BCUT2D eigenvalue weighted by Gasteiger charge is -2.23. The van der Waals surface area contributed by atoms with Crippen molar-refractivity contribution in [1.29, 1.82) is 0 Å². The Hall–Kier alpha value is -1.94. The van der Waals surface area contributed by atoms with Crippen LogP contribution in [0.4, 0.5) is 4.39 Å². The number of rotatable bonds is 2. The maximum absolute atomic E-state index is 12.9. The van der Waals surface area contributed by atoms with Crippen LogP contribution in [0, 0.1) is 5.82 Å². The molecule has 1 unspecified atom stereocenters. The van der Waals surface area contributed by atoms with Gasteiger partial charge >= 0.3 is 0 Å². The van der Waals surface area contributed by atoms with Gasteiger partial charge in [-0.3, -0.25) is 4.98 Å². The Kier molecular flexibility index (Phi) is 2.75. The molecular weight excluding hydrogens is 245 g/mol. The Bertz CT molecular complexity index is 608. The summed E-state index contributed by atoms with van der Waals surface area (Å²) in [6, 6.07) is 8.39. The third-order valence-electron chi connectivity index (χ3n) is 3.48. The van der Waals surface area contributed by atoms with Crippen molar-refractivity contribution in [2.75, 3.05) is 6.61 Å². The van der Waals surface area contributed by atoms with E-state index in [1.54, 1.807) is 6.92 Å². The van der Waals surface area contributed by atoms with Crippen molar-refractivity contribution in [3.63, 3.8) is 0 Å². The molecule has 1 aromatic carbocycles. The highest BCUT2D eigenvalue weighted by atomic mass is 19.1. The number of aliphatic hydroxyl groups is 1. The lowest BCUT2D eigenvalue weighted by Crippen LogP contribution is -2.24. The van der Waals surface area contributed by atoms with Gasteiger partial charge in [-0.05, 0) is 42.3 Å². The Balaban J connectivity index is 2.02. The van der Waals surface area contributed by atoms with E-state index in [2.05, 4.69) is 4.98 Å². The minimum absolute atomic E-state index is 0.415. The van der Waals surface area contributed by atoms with E-state index in [9.17, 15) is 9.50 Å². The van der Waals surface area contributed by atoms with Crippen molar-refractivity contribution in [1.82, 2.24) is 4.98 Å². The third-order valence-corrected chi connectivity index (χ3v) is 3.48. The number of hydrogen-bond donors (Lipinski definition) is 1. The summed E-state index contributed by atoms with van der Waals surface area (Å²) in [5, 5.41) is 10.7. The zero-order chi connectivity index (χ0) is 13.5. The molecule has 0 saturated heterocycles. The molecule has 0 fully saturated rings. The van der Waals surface area contributed by atoms with Crippen molar-refractivity contribution in [3.05, 3.63) is 59.2 Å². The van der Waals surface area contributed by atoms with Crippen molar-refractivity contribution < 1.29 is 14.2 Å². The number of fused-ring (bicyclic) bond motifs is 1. The van der Waals surface area contributed by atoms with Crippen molar-refractivity contribution in [2.24, 2.45) is 0 Å². The number of halogens is 1. The van der Waals surface area contributed by atoms with Crippen LogP contribution in [-0.2, 0) is 12.0 Å². The van der Waals surface area contributed by atoms with Crippen LogP contribution in [0.15, 0.2) is 36.5 Å². The molecule has 2 heterocycles. The van der Waals surface area contributed by atoms with Crippen LogP contribution in [0.2, 0.25) is 0 Å². The molecule has 4 heteroatoms. The Labute approximate surface area is 110 Å². The summed E-state index contributed by atoms with van der Waals surface area (Å²) in [5.74, 6) is 0.452. The fourth-order valence-electron chi connectivity index (χ4n) is 2.30. The molecular formula is C15H14FNO2. The molecule has 1 aromatic heterocycles. The van der Waals surface area contributed by atoms with Crippen LogP contribution in [-0.4, -0.2) is 16.7 Å². The van der Waals surface area contributed by atoms with E-state index in [1.165, 1.54) is 12.1 Å². The average molecular weight is 259 g/mol. The fraction of sp³-hybridized carbons (Fsp3) is 0.267. The van der Waals surface area contributed by atoms with Gasteiger partial charge < -0.3 is 9.84 Å². The standard InChI is InChI=1S/C15H14FNO2/c1-15(18,14-5-3-12(16)9-17-14)11-2-4-13-10(8-11)6-7-19-13/h2-5,8-9,18H,6-7H2,1H3. The largest absolute Gasteiger partial charge is 0.493 e. The zero-order valence-electron chi connectivity index (χ0n) is 10.6. The van der Waals surface area contributed by atoms with Crippen LogP contribution in [0.5, 0.6) is 5.75 Å². The van der Waals surface area contributed by atoms with Crippen LogP contribution >= 0.6 is 0 Å². The van der Waals surface area contributed by atoms with E-state index in [4.69, 9.17) is 4.74 Å². The van der Waals surface area contributed by atoms with E-state index < -0.39 is 11.4 Å². The third kappa shape index (κ3) is 2.08. The molecule has 2 aromatic rings. The molecule has 0 amide bonds. The second-order valence-electron chi connectivity index (χ2n) is 4.85. The highest BCUT2D eigenvalue weighted by molar-refractivity contribution is 5.43. The van der Waals surface area contributed by atoms with Crippen LogP contribution in [0.3, 0.4) is 0 Å². The predicted molar refractivity (Wildman–Crippen MR) is 68.5 cm³/mol. The second-order valence-corrected chi connectivity index (χ2v) is 4.85. The summed E-state index contributed by atoms with van der Waals surface area (Å²) in [4.78, 5) is 3.96. The number of nitrogens with zero attached hydrogens (tertiary/aromatic N) is 1. The molecule has 1 aliphatic heterocycles. The van der Waals surface area contributed by atoms with Crippen LogP contribution in [0.25, 0.3) is 0 Å². The van der Waals surface area contributed by atoms with Gasteiger partial charge in [-0.1, -0.05) is 6.07 Å². The van der Waals surface area contributed by atoms with Gasteiger partial charge in [0.25, 0.3) is 0 Å². The highest BCUT2D eigenvalue weighted by Crippen LogP contribution is 2.33. The highest BCUT2D eigenvalue weighted by Gasteiger charge is 2.28. The SMILES string of the molecule is CC(O)(c1ccc2c(c1)CCO2)c1ccc(F)cn1. The van der Waals surface area contributed by atoms with Crippen LogP contribution in [0.1, 0.15) is 23.7 Å². The lowest BCUT2D eigenvalue weighted by atomic mass is 9.90. The molecule has 1 aliphatic rings. The first-order chi connectivity index (χ1) is 9.07. The normalized spacial score (nSPS) is 16.6. The summed E-state index contributed by atoms with van der Waals surface area (Å²) in [7, 11) is 0. The second kappa shape index (κ2) is 4.31. The van der Waals surface area contributed by atoms with Gasteiger partial charge in [0.15, 0.2) is 0 Å². The van der Waals surface area contributed by atoms with Crippen LogP contribution < -0.4 is 4.74 Å². The van der Waals surface area contributed by atoms with E-state index >= 15 is 0 Å². The van der Waals surface area contributed by atoms with Gasteiger partial charge in [0.2, 0.25) is 0 Å². The maximum atomic E-state index is 12.9. The van der Waals surface area contributed by atoms with Crippen molar-refractivity contribution in [2.45, 2.75) is 18.9 Å². The van der Waals surface area contributed by atoms with Gasteiger partial charge in [0, 0.05) is 6.42 Å². The van der Waals surface area contributed by atoms with E-state index in [1.807, 2.05) is 18.2 Å². The first kappa shape index (κ1) is 12.1. The van der Waals surface area contributed by atoms with Gasteiger partial charge in [-0.2, -0.15) is 0 Å². The topological polar surface area (TPSA) is 42.4 Å². The van der Waals surface area contributed by atoms with Crippen molar-refractivity contribution >= 4 is 0 Å². The maximum Gasteiger partial charge on any atom is 0.141 e. The van der Waals surface area contributed by atoms with Gasteiger partial charge in [0.05, 0.1) is 18.5 Å². The summed E-state index contributed by atoms with van der Waals surface area (Å²) < 4.78 is 18.3. The van der Waals surface area contributed by atoms with Gasteiger partial charge in [-0.25, -0.2) is 4.39 Å². The minimum atomic E-state index is -1.24. The summed E-state index contributed by atoms with van der Waals surface area (Å²) in [6.45, 7) is 2.33. The molecule has 3 rings (SSSR count). The predicted octanol–water partition coefficient (Wildman–Crippen LogP) is 2.41. The Morgan fingerprint density at radius 1 is 1.32 bits per heavy atom. The van der Waals surface area contributed by atoms with Gasteiger partial charge in [-0.15, -0.1) is 0 Å². The van der Waals surface area contributed by atoms with E-state index in [0.717, 1.165) is 29.5 Å². The number of aromatic nitrogens is 1. The molecule has 0 radical (unpaired) electrons. The molecule has 98 valence electrons. The monoisotopic (exact) mass is 259 g/mol. The number of benzene rings is 1. The quantitative estimate of drug-likeness (QED) is 0.900. The molecule has 0 spiro atoms. The van der Waals surface area contributed by atoms with Gasteiger partial charge in [0.1, 0.15) is 17.2 Å². The summed E-state index contributed by atoms with van der Waals surface area (Å²) >= 11 is 0. The molecule has 0 aliphatic carbocycles. The number of ether oxygens (including phenoxy) is 1. The van der Waals surface area contributed by atoms with E-state index in [0.29, 0.717) is 12.3 Å². The zero-order valence-corrected chi connectivity index (χ0v) is 10.6. The Morgan fingerprint density at radius 3 is 2.89 bits per heavy atom. The molecule has 19 heavy (non-hydrogen) atoms. The van der Waals surface area contributed by atoms with E-state index in [-0.39, 0.29) is 0 Å². The number of pyridine rings is 1. The summed E-state index contributed by atoms with van der Waals surface area (Å²) in [6.07, 6.45) is 1.95. The first-order valence-corrected chi connectivity index (χ1v) is 6.18. The first-order valence-electron chi connectivity index (χ1n) is 6.18. The average Bonchev–Trinajstić information content (AvgIpc) is 2.86. The molecule has 1 atom stereocenters. The molecule has 1 N–H and O–H groups in total. The molecule has 3 nitrogen and oxygen atoms in total. The molecule has 0 bridgehead atoms. The fourth-order valence-corrected chi connectivity index (χ4v) is 2.30. The lowest BCUT2D eigenvalue weighted by molar-refractivity contribution is 0.0972. The molecule has 0 saturated carbocycles.